The van der Waals surface area contributed by atoms with E-state index in [1.165, 1.54) is 0 Å². The van der Waals surface area contributed by atoms with Crippen LogP contribution in [0.5, 0.6) is 0 Å². The predicted molar refractivity (Wildman–Crippen MR) is 54.3 cm³/mol. The minimum absolute atomic E-state index is 0.191. The third-order valence-electron chi connectivity index (χ3n) is 1.54. The summed E-state index contributed by atoms with van der Waals surface area (Å²) in [5.41, 5.74) is 1.40. The quantitative estimate of drug-likeness (QED) is 0.769. The number of fused-ring (bicyclic) bond motifs is 1. The van der Waals surface area contributed by atoms with Gasteiger partial charge in [0.15, 0.2) is 0 Å². The normalized spacial score (nSPS) is 10.8. The Morgan fingerprint density at radius 3 is 2.67 bits per heavy atom. The molecule has 62 valence electrons. The zero-order valence-electron chi connectivity index (χ0n) is 5.82. The predicted octanol–water partition coefficient (Wildman–Crippen LogP) is 2.38. The highest BCUT2D eigenvalue weighted by atomic mass is 79.9. The Kier molecular flexibility index (Phi) is 1.84. The summed E-state index contributed by atoms with van der Waals surface area (Å²) in [5.74, 6) is 0. The highest BCUT2D eigenvalue weighted by Gasteiger charge is 2.02. The molecule has 0 unspecified atom stereocenters. The van der Waals surface area contributed by atoms with Crippen LogP contribution in [0.2, 0.25) is 0 Å². The third-order valence-corrected chi connectivity index (χ3v) is 2.62. The number of imidazole rings is 1. The lowest BCUT2D eigenvalue weighted by molar-refractivity contribution is 1.21. The summed E-state index contributed by atoms with van der Waals surface area (Å²) in [6.07, 6.45) is 0. The maximum atomic E-state index is 10.9. The smallest absolute Gasteiger partial charge is 0.306 e. The van der Waals surface area contributed by atoms with Crippen LogP contribution in [-0.2, 0) is 0 Å². The maximum Gasteiger partial charge on any atom is 0.323 e. The van der Waals surface area contributed by atoms with E-state index in [4.69, 9.17) is 0 Å². The van der Waals surface area contributed by atoms with E-state index in [2.05, 4.69) is 41.8 Å². The van der Waals surface area contributed by atoms with Crippen molar-refractivity contribution in [1.82, 2.24) is 9.97 Å². The highest BCUT2D eigenvalue weighted by Crippen LogP contribution is 2.24. The fourth-order valence-corrected chi connectivity index (χ4v) is 2.39. The summed E-state index contributed by atoms with van der Waals surface area (Å²) in [6, 6.07) is 3.73. The van der Waals surface area contributed by atoms with Gasteiger partial charge in [-0.2, -0.15) is 0 Å². The van der Waals surface area contributed by atoms with Crippen LogP contribution in [0.1, 0.15) is 0 Å². The number of nitrogens with one attached hydrogen (secondary N) is 2. The molecule has 2 rings (SSSR count). The highest BCUT2D eigenvalue weighted by molar-refractivity contribution is 9.11. The van der Waals surface area contributed by atoms with E-state index < -0.39 is 0 Å². The third kappa shape index (κ3) is 1.23. The van der Waals surface area contributed by atoms with Gasteiger partial charge in [0, 0.05) is 8.95 Å². The standard InChI is InChI=1S/C7H4Br2N2O/c8-3-1-4(9)6-5(2-3)10-7(12)11-6/h1-2H,(H2,10,11,12). The lowest BCUT2D eigenvalue weighted by atomic mass is 10.3. The van der Waals surface area contributed by atoms with Gasteiger partial charge < -0.3 is 9.97 Å². The van der Waals surface area contributed by atoms with Crippen molar-refractivity contribution in [2.45, 2.75) is 0 Å². The van der Waals surface area contributed by atoms with Gasteiger partial charge in [0.2, 0.25) is 0 Å². The molecule has 0 spiro atoms. The molecule has 0 aliphatic rings. The first-order chi connectivity index (χ1) is 5.66. The maximum absolute atomic E-state index is 10.9. The molecule has 0 saturated heterocycles. The number of aromatic amines is 2. The van der Waals surface area contributed by atoms with E-state index in [-0.39, 0.29) is 5.69 Å². The first kappa shape index (κ1) is 8.07. The Hall–Kier alpha value is -0.550. The van der Waals surface area contributed by atoms with Gasteiger partial charge in [-0.1, -0.05) is 15.9 Å². The Labute approximate surface area is 84.4 Å². The van der Waals surface area contributed by atoms with Crippen molar-refractivity contribution in [1.29, 1.82) is 0 Å². The monoisotopic (exact) mass is 290 g/mol. The van der Waals surface area contributed by atoms with Crippen LogP contribution in [0.25, 0.3) is 11.0 Å². The van der Waals surface area contributed by atoms with Crippen molar-refractivity contribution in [2.75, 3.05) is 0 Å². The second-order valence-corrected chi connectivity index (χ2v) is 4.16. The first-order valence-corrected chi connectivity index (χ1v) is 4.82. The summed E-state index contributed by atoms with van der Waals surface area (Å²) in [4.78, 5) is 16.2. The molecule has 5 heteroatoms. The van der Waals surface area contributed by atoms with E-state index in [9.17, 15) is 4.79 Å². The molecule has 0 aliphatic carbocycles. The molecule has 1 aromatic heterocycles. The average molecular weight is 292 g/mol. The van der Waals surface area contributed by atoms with Gasteiger partial charge >= 0.3 is 5.69 Å². The Morgan fingerprint density at radius 2 is 1.92 bits per heavy atom. The van der Waals surface area contributed by atoms with Gasteiger partial charge in [-0.15, -0.1) is 0 Å². The number of H-pyrrole nitrogens is 2. The number of halogens is 2. The second kappa shape index (κ2) is 2.74. The summed E-state index contributed by atoms with van der Waals surface area (Å²) < 4.78 is 1.79. The SMILES string of the molecule is O=c1[nH]c2cc(Br)cc(Br)c2[nH]1. The molecule has 0 fully saturated rings. The van der Waals surface area contributed by atoms with Crippen LogP contribution in [0.3, 0.4) is 0 Å². The first-order valence-electron chi connectivity index (χ1n) is 3.24. The van der Waals surface area contributed by atoms with Crippen LogP contribution in [0.4, 0.5) is 0 Å². The molecule has 0 bridgehead atoms. The van der Waals surface area contributed by atoms with Crippen molar-refractivity contribution in [3.63, 3.8) is 0 Å². The molecule has 0 radical (unpaired) electrons. The average Bonchev–Trinajstić information content (AvgIpc) is 2.29. The zero-order chi connectivity index (χ0) is 8.72. The minimum atomic E-state index is -0.191. The minimum Gasteiger partial charge on any atom is -0.306 e. The fraction of sp³-hybridized carbons (Fsp3) is 0. The summed E-state index contributed by atoms with van der Waals surface area (Å²) >= 11 is 6.67. The molecule has 0 amide bonds. The van der Waals surface area contributed by atoms with Crippen LogP contribution in [0.15, 0.2) is 25.9 Å². The van der Waals surface area contributed by atoms with Gasteiger partial charge in [0.25, 0.3) is 0 Å². The van der Waals surface area contributed by atoms with Crippen molar-refractivity contribution in [3.8, 4) is 0 Å². The lowest BCUT2D eigenvalue weighted by Crippen LogP contribution is -1.99. The molecule has 1 aromatic carbocycles. The van der Waals surface area contributed by atoms with E-state index in [0.29, 0.717) is 0 Å². The summed E-state index contributed by atoms with van der Waals surface area (Å²) in [6.45, 7) is 0. The Balaban J connectivity index is 2.97. The van der Waals surface area contributed by atoms with E-state index in [1.54, 1.807) is 0 Å². The van der Waals surface area contributed by atoms with Gasteiger partial charge in [-0.3, -0.25) is 0 Å². The molecular weight excluding hydrogens is 288 g/mol. The summed E-state index contributed by atoms with van der Waals surface area (Å²) in [5, 5.41) is 0. The van der Waals surface area contributed by atoms with Gasteiger partial charge in [0.1, 0.15) is 0 Å². The number of hydrogen-bond acceptors (Lipinski definition) is 1. The molecule has 12 heavy (non-hydrogen) atoms. The molecule has 3 nitrogen and oxygen atoms in total. The molecule has 2 N–H and O–H groups in total. The Morgan fingerprint density at radius 1 is 1.17 bits per heavy atom. The number of benzene rings is 1. The number of hydrogen-bond donors (Lipinski definition) is 2. The van der Waals surface area contributed by atoms with Gasteiger partial charge in [-0.25, -0.2) is 4.79 Å². The lowest BCUT2D eigenvalue weighted by Gasteiger charge is -1.93. The van der Waals surface area contributed by atoms with E-state index in [0.717, 1.165) is 20.0 Å². The van der Waals surface area contributed by atoms with Gasteiger partial charge in [0.05, 0.1) is 11.0 Å². The van der Waals surface area contributed by atoms with Crippen molar-refractivity contribution >= 4 is 42.9 Å². The van der Waals surface area contributed by atoms with Crippen molar-refractivity contribution in [3.05, 3.63) is 31.6 Å². The van der Waals surface area contributed by atoms with Crippen LogP contribution < -0.4 is 5.69 Å². The van der Waals surface area contributed by atoms with Crippen LogP contribution in [0, 0.1) is 0 Å². The Bertz CT molecular complexity index is 486. The van der Waals surface area contributed by atoms with Crippen LogP contribution >= 0.6 is 31.9 Å². The van der Waals surface area contributed by atoms with Crippen molar-refractivity contribution in [2.24, 2.45) is 0 Å². The largest absolute Gasteiger partial charge is 0.323 e. The molecular formula is C7H4Br2N2O. The molecule has 0 saturated carbocycles. The topological polar surface area (TPSA) is 48.6 Å². The summed E-state index contributed by atoms with van der Waals surface area (Å²) in [7, 11) is 0. The molecule has 2 aromatic rings. The number of rotatable bonds is 0. The molecule has 0 aliphatic heterocycles. The van der Waals surface area contributed by atoms with E-state index >= 15 is 0 Å². The van der Waals surface area contributed by atoms with Crippen molar-refractivity contribution < 1.29 is 0 Å². The zero-order valence-corrected chi connectivity index (χ0v) is 8.99. The van der Waals surface area contributed by atoms with Crippen LogP contribution in [-0.4, -0.2) is 9.97 Å². The molecule has 0 atom stereocenters. The fourth-order valence-electron chi connectivity index (χ4n) is 1.07. The molecule has 1 heterocycles. The van der Waals surface area contributed by atoms with Gasteiger partial charge in [-0.05, 0) is 28.1 Å². The number of aromatic nitrogens is 2. The van der Waals surface area contributed by atoms with E-state index in [1.807, 2.05) is 12.1 Å². The second-order valence-electron chi connectivity index (χ2n) is 2.39.